The van der Waals surface area contributed by atoms with Crippen LogP contribution in [0.25, 0.3) is 20.8 Å². The number of hydrogen-bond donors (Lipinski definition) is 0. The fourth-order valence-corrected chi connectivity index (χ4v) is 6.87. The van der Waals surface area contributed by atoms with E-state index in [1.807, 2.05) is 61.5 Å². The number of thiazole rings is 1. The molecule has 4 aromatic carbocycles. The van der Waals surface area contributed by atoms with Gasteiger partial charge >= 0.3 is 0 Å². The van der Waals surface area contributed by atoms with Gasteiger partial charge < -0.3 is 18.9 Å². The molecule has 0 spiro atoms. The topological polar surface area (TPSA) is 82.5 Å². The first-order valence-electron chi connectivity index (χ1n) is 16.3. The van der Waals surface area contributed by atoms with Crippen molar-refractivity contribution in [2.75, 3.05) is 27.4 Å². The molecule has 1 aliphatic rings. The second kappa shape index (κ2) is 14.9. The largest absolute Gasteiger partial charge is 0.496 e. The maximum atomic E-state index is 12.7. The monoisotopic (exact) mass is 663 g/mol. The van der Waals surface area contributed by atoms with Crippen molar-refractivity contribution in [1.82, 2.24) is 9.99 Å². The number of aryl methyl sites for hydroxylation is 1. The number of nitrogens with zero attached hydrogens (tertiary/aromatic N) is 3. The fraction of sp³-hybridized carbons (Fsp3) is 0.308. The number of carbonyl (C=O) groups is 1. The lowest BCUT2D eigenvalue weighted by molar-refractivity contribution is -0.130. The Morgan fingerprint density at radius 3 is 2.31 bits per heavy atom. The van der Waals surface area contributed by atoms with Crippen LogP contribution in [-0.2, 0) is 4.79 Å². The van der Waals surface area contributed by atoms with Crippen LogP contribution in [0, 0.1) is 13.8 Å². The summed E-state index contributed by atoms with van der Waals surface area (Å²) in [6.07, 6.45) is 3.34. The van der Waals surface area contributed by atoms with Crippen molar-refractivity contribution >= 4 is 33.2 Å². The van der Waals surface area contributed by atoms with Gasteiger partial charge in [-0.3, -0.25) is 4.79 Å². The number of ether oxygens (including phenoxy) is 4. The third-order valence-corrected chi connectivity index (χ3v) is 9.77. The van der Waals surface area contributed by atoms with Gasteiger partial charge in [0.05, 0.1) is 49.4 Å². The number of fused-ring (bicyclic) bond motifs is 1. The van der Waals surface area contributed by atoms with Gasteiger partial charge in [-0.2, -0.15) is 5.10 Å². The maximum absolute atomic E-state index is 12.7. The Morgan fingerprint density at radius 1 is 0.833 bits per heavy atom. The number of rotatable bonds is 13. The molecular weight excluding hydrogens is 623 g/mol. The van der Waals surface area contributed by atoms with Gasteiger partial charge in [0.15, 0.2) is 11.5 Å². The molecule has 1 unspecified atom stereocenters. The van der Waals surface area contributed by atoms with Crippen LogP contribution < -0.4 is 18.9 Å². The van der Waals surface area contributed by atoms with Gasteiger partial charge in [0.1, 0.15) is 16.5 Å². The van der Waals surface area contributed by atoms with Crippen LogP contribution >= 0.6 is 11.3 Å². The number of para-hydroxylation sites is 1. The normalized spacial score (nSPS) is 14.2. The smallest absolute Gasteiger partial charge is 0.240 e. The van der Waals surface area contributed by atoms with Gasteiger partial charge in [0.2, 0.25) is 5.91 Å². The molecule has 0 bridgehead atoms. The molecule has 0 fully saturated rings. The minimum absolute atomic E-state index is 0.115. The molecule has 8 nitrogen and oxygen atoms in total. The van der Waals surface area contributed by atoms with Crippen LogP contribution in [0.5, 0.6) is 23.0 Å². The van der Waals surface area contributed by atoms with Crippen molar-refractivity contribution < 1.29 is 23.7 Å². The number of aromatic nitrogens is 1. The van der Waals surface area contributed by atoms with Crippen molar-refractivity contribution in [3.05, 3.63) is 101 Å². The summed E-state index contributed by atoms with van der Waals surface area (Å²) in [6.45, 7) is 6.82. The molecule has 0 saturated heterocycles. The molecule has 1 aliphatic heterocycles. The molecule has 48 heavy (non-hydrogen) atoms. The highest BCUT2D eigenvalue weighted by Gasteiger charge is 2.32. The van der Waals surface area contributed by atoms with Crippen molar-refractivity contribution in [2.45, 2.75) is 52.5 Å². The molecule has 0 radical (unpaired) electrons. The van der Waals surface area contributed by atoms with Crippen LogP contribution in [0.4, 0.5) is 0 Å². The van der Waals surface area contributed by atoms with Crippen LogP contribution in [-0.4, -0.2) is 49.0 Å². The minimum atomic E-state index is -0.245. The Kier molecular flexibility index (Phi) is 10.3. The highest BCUT2D eigenvalue weighted by molar-refractivity contribution is 7.21. The van der Waals surface area contributed by atoms with Crippen LogP contribution in [0.1, 0.15) is 60.9 Å². The lowest BCUT2D eigenvalue weighted by Gasteiger charge is -2.22. The lowest BCUT2D eigenvalue weighted by Crippen LogP contribution is -2.24. The zero-order valence-electron chi connectivity index (χ0n) is 28.1. The highest BCUT2D eigenvalue weighted by atomic mass is 32.1. The summed E-state index contributed by atoms with van der Waals surface area (Å²) in [7, 11) is 3.31. The van der Waals surface area contributed by atoms with E-state index in [1.54, 1.807) is 37.5 Å². The second-order valence-corrected chi connectivity index (χ2v) is 13.0. The lowest BCUT2D eigenvalue weighted by atomic mass is 9.95. The van der Waals surface area contributed by atoms with Gasteiger partial charge in [0.25, 0.3) is 0 Å². The number of carbonyl (C=O) groups excluding carboxylic acids is 1. The first kappa shape index (κ1) is 33.0. The molecule has 0 aliphatic carbocycles. The molecule has 5 aromatic rings. The van der Waals surface area contributed by atoms with E-state index in [-0.39, 0.29) is 11.9 Å². The van der Waals surface area contributed by atoms with Gasteiger partial charge in [-0.25, -0.2) is 9.99 Å². The number of hydrazone groups is 1. The molecule has 248 valence electrons. The van der Waals surface area contributed by atoms with E-state index in [4.69, 9.17) is 29.0 Å². The number of benzene rings is 4. The summed E-state index contributed by atoms with van der Waals surface area (Å²) in [4.78, 5) is 17.4. The van der Waals surface area contributed by atoms with E-state index in [9.17, 15) is 4.79 Å². The quantitative estimate of drug-likeness (QED) is 0.117. The Labute approximate surface area is 285 Å². The maximum Gasteiger partial charge on any atom is 0.240 e. The standard InChI is InChI=1S/C39H41N3O5S/c1-25-21-30(23-36(45-5)26(25)2)33-24-34(42(41-33)27(3)43)29-15-18-35(44-4)37(22-29)47-20-10-6-9-19-46-31-16-13-28(14-17-31)39-40-32-11-7-8-12-38(32)48-39/h7-8,11-18,21-23,34H,6,9-10,19-20,24H2,1-5H3. The average Bonchev–Trinajstić information content (AvgIpc) is 3.75. The zero-order chi connectivity index (χ0) is 33.6. The van der Waals surface area contributed by atoms with Crippen molar-refractivity contribution in [2.24, 2.45) is 5.10 Å². The Balaban J connectivity index is 1.01. The number of amides is 1. The second-order valence-electron chi connectivity index (χ2n) is 11.9. The summed E-state index contributed by atoms with van der Waals surface area (Å²) >= 11 is 1.70. The average molecular weight is 664 g/mol. The van der Waals surface area contributed by atoms with Crippen molar-refractivity contribution in [3.63, 3.8) is 0 Å². The Bertz CT molecular complexity index is 1900. The van der Waals surface area contributed by atoms with E-state index in [1.165, 1.54) is 4.70 Å². The summed E-state index contributed by atoms with van der Waals surface area (Å²) in [5.74, 6) is 2.86. The third kappa shape index (κ3) is 7.31. The van der Waals surface area contributed by atoms with Crippen LogP contribution in [0.15, 0.2) is 84.0 Å². The SMILES string of the molecule is COc1ccc(C2CC(c3cc(C)c(C)c(OC)c3)=NN2C(C)=O)cc1OCCCCCOc1ccc(-c2nc3ccccc3s2)cc1. The van der Waals surface area contributed by atoms with Crippen LogP contribution in [0.2, 0.25) is 0 Å². The Hall–Kier alpha value is -4.89. The fourth-order valence-electron chi connectivity index (χ4n) is 5.90. The van der Waals surface area contributed by atoms with Gasteiger partial charge in [0, 0.05) is 24.5 Å². The van der Waals surface area contributed by atoms with Gasteiger partial charge in [-0.05, 0) is 110 Å². The predicted molar refractivity (Wildman–Crippen MR) is 192 cm³/mol. The summed E-state index contributed by atoms with van der Waals surface area (Å²) in [5, 5.41) is 7.33. The van der Waals surface area contributed by atoms with E-state index < -0.39 is 0 Å². The van der Waals surface area contributed by atoms with Gasteiger partial charge in [-0.15, -0.1) is 11.3 Å². The van der Waals surface area contributed by atoms with Crippen molar-refractivity contribution in [1.29, 1.82) is 0 Å². The molecular formula is C39H41N3O5S. The minimum Gasteiger partial charge on any atom is -0.496 e. The predicted octanol–water partition coefficient (Wildman–Crippen LogP) is 8.92. The Morgan fingerprint density at radius 2 is 1.58 bits per heavy atom. The molecule has 0 N–H and O–H groups in total. The molecule has 1 atom stereocenters. The number of unbranched alkanes of at least 4 members (excludes halogenated alkanes) is 2. The number of methoxy groups -OCH3 is 2. The van der Waals surface area contributed by atoms with Gasteiger partial charge in [-0.1, -0.05) is 18.2 Å². The number of hydrogen-bond acceptors (Lipinski definition) is 8. The van der Waals surface area contributed by atoms with Crippen molar-refractivity contribution in [3.8, 4) is 33.6 Å². The third-order valence-electron chi connectivity index (χ3n) is 8.69. The van der Waals surface area contributed by atoms with Crippen LogP contribution in [0.3, 0.4) is 0 Å². The molecule has 1 amide bonds. The van der Waals surface area contributed by atoms with E-state index in [2.05, 4.69) is 31.2 Å². The summed E-state index contributed by atoms with van der Waals surface area (Å²) in [5.41, 5.74) is 7.08. The summed E-state index contributed by atoms with van der Waals surface area (Å²) < 4.78 is 24.6. The van der Waals surface area contributed by atoms with E-state index in [0.717, 1.165) is 74.8 Å². The molecule has 6 rings (SSSR count). The highest BCUT2D eigenvalue weighted by Crippen LogP contribution is 2.38. The molecule has 9 heteroatoms. The first-order chi connectivity index (χ1) is 23.3. The summed E-state index contributed by atoms with van der Waals surface area (Å²) in [6, 6.07) is 26.1. The van der Waals surface area contributed by atoms with E-state index >= 15 is 0 Å². The molecule has 1 aromatic heterocycles. The molecule has 2 heterocycles. The van der Waals surface area contributed by atoms with E-state index in [0.29, 0.717) is 31.1 Å². The zero-order valence-corrected chi connectivity index (χ0v) is 28.9. The first-order valence-corrected chi connectivity index (χ1v) is 17.1. The molecule has 0 saturated carbocycles.